The fourth-order valence-corrected chi connectivity index (χ4v) is 2.03. The fraction of sp³-hybridized carbons (Fsp3) is 0.818. The summed E-state index contributed by atoms with van der Waals surface area (Å²) in [5.74, 6) is -0.200. The van der Waals surface area contributed by atoms with Crippen molar-refractivity contribution in [2.75, 3.05) is 13.1 Å². The molecule has 0 spiro atoms. The number of nitrogens with one attached hydrogen (secondary N) is 1. The van der Waals surface area contributed by atoms with Gasteiger partial charge in [-0.1, -0.05) is 37.0 Å². The van der Waals surface area contributed by atoms with Crippen molar-refractivity contribution in [1.29, 1.82) is 0 Å². The lowest BCUT2D eigenvalue weighted by molar-refractivity contribution is -0.130. The third-order valence-electron chi connectivity index (χ3n) is 2.86. The van der Waals surface area contributed by atoms with E-state index >= 15 is 0 Å². The molecule has 1 fully saturated rings. The molecule has 1 saturated heterocycles. The molecule has 1 N–H and O–H groups in total. The van der Waals surface area contributed by atoms with Crippen molar-refractivity contribution in [1.82, 2.24) is 10.2 Å². The smallest absolute Gasteiger partial charge is 0.255 e. The molecule has 6 heteroatoms. The van der Waals surface area contributed by atoms with E-state index in [4.69, 9.17) is 23.2 Å². The number of nitrogens with zero attached hydrogens (tertiary/aromatic N) is 1. The molecule has 0 saturated carbocycles. The molecule has 0 bridgehead atoms. The largest absolute Gasteiger partial charge is 0.353 e. The predicted molar refractivity (Wildman–Crippen MR) is 68.1 cm³/mol. The minimum Gasteiger partial charge on any atom is -0.353 e. The lowest BCUT2D eigenvalue weighted by atomic mass is 10.0. The number of hydrogen-bond donors (Lipinski definition) is 1. The zero-order chi connectivity index (χ0) is 13.0. The number of hydrogen-bond acceptors (Lipinski definition) is 2. The molecule has 2 amide bonds. The lowest BCUT2D eigenvalue weighted by Gasteiger charge is -2.33. The zero-order valence-corrected chi connectivity index (χ0v) is 11.6. The quantitative estimate of drug-likeness (QED) is 0.798. The van der Waals surface area contributed by atoms with Gasteiger partial charge in [0.2, 0.25) is 5.91 Å². The van der Waals surface area contributed by atoms with Crippen LogP contribution in [0.15, 0.2) is 0 Å². The Morgan fingerprint density at radius 1 is 1.24 bits per heavy atom. The van der Waals surface area contributed by atoms with Crippen LogP contribution in [-0.2, 0) is 9.59 Å². The van der Waals surface area contributed by atoms with Gasteiger partial charge in [-0.15, -0.1) is 0 Å². The number of carbonyl (C=O) groups is 2. The number of rotatable bonds is 3. The van der Waals surface area contributed by atoms with E-state index in [-0.39, 0.29) is 23.8 Å². The normalized spacial score (nSPS) is 17.6. The summed E-state index contributed by atoms with van der Waals surface area (Å²) in [6, 6.07) is 0.151. The van der Waals surface area contributed by atoms with Crippen molar-refractivity contribution < 1.29 is 9.59 Å². The van der Waals surface area contributed by atoms with Gasteiger partial charge in [0.25, 0.3) is 5.91 Å². The standard InChI is InChI=1S/C11H18Cl2N2O2/c1-7(2)10(16)14-8-3-5-15(6-4-8)11(17)9(12)13/h7-9H,3-6H2,1-2H3,(H,14,16). The summed E-state index contributed by atoms with van der Waals surface area (Å²) in [5.41, 5.74) is 0. The van der Waals surface area contributed by atoms with Gasteiger partial charge in [-0.2, -0.15) is 0 Å². The predicted octanol–water partition coefficient (Wildman–Crippen LogP) is 1.55. The zero-order valence-electron chi connectivity index (χ0n) is 10.1. The van der Waals surface area contributed by atoms with Crippen molar-refractivity contribution in [3.8, 4) is 0 Å². The van der Waals surface area contributed by atoms with Crippen LogP contribution in [0.1, 0.15) is 26.7 Å². The van der Waals surface area contributed by atoms with Gasteiger partial charge in [-0.05, 0) is 12.8 Å². The summed E-state index contributed by atoms with van der Waals surface area (Å²) >= 11 is 11.1. The van der Waals surface area contributed by atoms with Crippen LogP contribution >= 0.6 is 23.2 Å². The topological polar surface area (TPSA) is 49.4 Å². The highest BCUT2D eigenvalue weighted by Crippen LogP contribution is 2.15. The van der Waals surface area contributed by atoms with Gasteiger partial charge in [0.15, 0.2) is 4.84 Å². The van der Waals surface area contributed by atoms with E-state index in [1.807, 2.05) is 13.8 Å². The number of alkyl halides is 2. The Hall–Kier alpha value is -0.480. The Kier molecular flexibility index (Phi) is 5.53. The number of amides is 2. The number of halogens is 2. The Bertz CT molecular complexity index is 287. The van der Waals surface area contributed by atoms with Gasteiger partial charge in [-0.3, -0.25) is 9.59 Å². The Balaban J connectivity index is 2.36. The maximum absolute atomic E-state index is 11.5. The van der Waals surface area contributed by atoms with Crippen molar-refractivity contribution in [3.05, 3.63) is 0 Å². The second kappa shape index (κ2) is 6.45. The average Bonchev–Trinajstić information content (AvgIpc) is 2.28. The Morgan fingerprint density at radius 2 is 1.76 bits per heavy atom. The third kappa shape index (κ3) is 4.36. The minimum absolute atomic E-state index is 0.00951. The highest BCUT2D eigenvalue weighted by atomic mass is 35.5. The molecule has 0 aromatic carbocycles. The molecule has 1 rings (SSSR count). The van der Waals surface area contributed by atoms with Crippen LogP contribution in [0.25, 0.3) is 0 Å². The number of carbonyl (C=O) groups excluding carboxylic acids is 2. The molecule has 1 aliphatic heterocycles. The average molecular weight is 281 g/mol. The first-order valence-corrected chi connectivity index (χ1v) is 6.66. The van der Waals surface area contributed by atoms with Crippen molar-refractivity contribution in [2.24, 2.45) is 5.92 Å². The summed E-state index contributed by atoms with van der Waals surface area (Å²) in [6.07, 6.45) is 1.51. The van der Waals surface area contributed by atoms with Gasteiger partial charge in [-0.25, -0.2) is 0 Å². The summed E-state index contributed by atoms with van der Waals surface area (Å²) in [7, 11) is 0. The molecule has 4 nitrogen and oxygen atoms in total. The van der Waals surface area contributed by atoms with Crippen LogP contribution in [0.5, 0.6) is 0 Å². The molecule has 0 unspecified atom stereocenters. The van der Waals surface area contributed by atoms with Gasteiger partial charge in [0.1, 0.15) is 0 Å². The first-order chi connectivity index (χ1) is 7.91. The molecule has 0 atom stereocenters. The molecule has 0 aromatic heterocycles. The van der Waals surface area contributed by atoms with Crippen LogP contribution in [0.4, 0.5) is 0 Å². The van der Waals surface area contributed by atoms with Gasteiger partial charge < -0.3 is 10.2 Å². The maximum atomic E-state index is 11.5. The first kappa shape index (κ1) is 14.6. The van der Waals surface area contributed by atoms with Crippen LogP contribution in [0.2, 0.25) is 0 Å². The van der Waals surface area contributed by atoms with E-state index in [1.54, 1.807) is 4.90 Å². The van der Waals surface area contributed by atoms with Gasteiger partial charge in [0, 0.05) is 25.0 Å². The Labute approximate surface area is 112 Å². The molecule has 0 radical (unpaired) electrons. The van der Waals surface area contributed by atoms with Crippen molar-refractivity contribution in [3.63, 3.8) is 0 Å². The van der Waals surface area contributed by atoms with Crippen molar-refractivity contribution in [2.45, 2.75) is 37.6 Å². The van der Waals surface area contributed by atoms with E-state index in [9.17, 15) is 9.59 Å². The van der Waals surface area contributed by atoms with Crippen LogP contribution < -0.4 is 5.32 Å². The molecular formula is C11H18Cl2N2O2. The van der Waals surface area contributed by atoms with Crippen LogP contribution in [0, 0.1) is 5.92 Å². The molecule has 1 aliphatic rings. The van der Waals surface area contributed by atoms with E-state index in [2.05, 4.69) is 5.32 Å². The summed E-state index contributed by atoms with van der Waals surface area (Å²) in [6.45, 7) is 4.91. The monoisotopic (exact) mass is 280 g/mol. The maximum Gasteiger partial charge on any atom is 0.255 e. The molecular weight excluding hydrogens is 263 g/mol. The van der Waals surface area contributed by atoms with Crippen LogP contribution in [-0.4, -0.2) is 40.7 Å². The van der Waals surface area contributed by atoms with E-state index in [1.165, 1.54) is 0 Å². The van der Waals surface area contributed by atoms with Gasteiger partial charge in [0.05, 0.1) is 0 Å². The van der Waals surface area contributed by atoms with Crippen molar-refractivity contribution >= 4 is 35.0 Å². The summed E-state index contributed by atoms with van der Waals surface area (Å²) < 4.78 is 0. The molecule has 98 valence electrons. The van der Waals surface area contributed by atoms with E-state index < -0.39 is 4.84 Å². The summed E-state index contributed by atoms with van der Waals surface area (Å²) in [4.78, 5) is 23.7. The molecule has 0 aliphatic carbocycles. The third-order valence-corrected chi connectivity index (χ3v) is 3.24. The minimum atomic E-state index is -0.989. The highest BCUT2D eigenvalue weighted by Gasteiger charge is 2.26. The number of likely N-dealkylation sites (tertiary alicyclic amines) is 1. The Morgan fingerprint density at radius 3 is 2.18 bits per heavy atom. The van der Waals surface area contributed by atoms with Crippen LogP contribution in [0.3, 0.4) is 0 Å². The second-order valence-corrected chi connectivity index (χ2v) is 5.66. The highest BCUT2D eigenvalue weighted by molar-refractivity contribution is 6.53. The SMILES string of the molecule is CC(C)C(=O)NC1CCN(C(=O)C(Cl)Cl)CC1. The lowest BCUT2D eigenvalue weighted by Crippen LogP contribution is -2.48. The molecule has 1 heterocycles. The second-order valence-electron chi connectivity index (χ2n) is 4.56. The van der Waals surface area contributed by atoms with E-state index in [0.717, 1.165) is 12.8 Å². The number of piperidine rings is 1. The summed E-state index contributed by atoms with van der Waals surface area (Å²) in [5, 5.41) is 2.96. The fourth-order valence-electron chi connectivity index (χ4n) is 1.75. The first-order valence-electron chi connectivity index (χ1n) is 5.79. The molecule has 0 aromatic rings. The van der Waals surface area contributed by atoms with Gasteiger partial charge >= 0.3 is 0 Å². The van der Waals surface area contributed by atoms with E-state index in [0.29, 0.717) is 13.1 Å². The molecule has 17 heavy (non-hydrogen) atoms.